The second kappa shape index (κ2) is 6.00. The highest BCUT2D eigenvalue weighted by molar-refractivity contribution is 6.31. The van der Waals surface area contributed by atoms with Crippen molar-refractivity contribution in [2.75, 3.05) is 11.1 Å². The van der Waals surface area contributed by atoms with Crippen LogP contribution < -0.4 is 11.1 Å². The van der Waals surface area contributed by atoms with E-state index in [0.29, 0.717) is 23.0 Å². The van der Waals surface area contributed by atoms with Crippen LogP contribution in [0.15, 0.2) is 42.5 Å². The van der Waals surface area contributed by atoms with Gasteiger partial charge in [-0.25, -0.2) is 13.5 Å². The summed E-state index contributed by atoms with van der Waals surface area (Å²) in [4.78, 5) is 4.16. The molecule has 0 saturated carbocycles. The molecule has 0 radical (unpaired) electrons. The van der Waals surface area contributed by atoms with Gasteiger partial charge >= 0.3 is 0 Å². The Morgan fingerprint density at radius 3 is 2.64 bits per heavy atom. The number of nitrogens with zero attached hydrogens (tertiary/aromatic N) is 3. The maximum Gasteiger partial charge on any atom is 0.241 e. The van der Waals surface area contributed by atoms with Gasteiger partial charge in [0.25, 0.3) is 0 Å². The predicted octanol–water partition coefficient (Wildman–Crippen LogP) is 3.94. The molecule has 0 spiro atoms. The van der Waals surface area contributed by atoms with Crippen molar-refractivity contribution in [3.8, 4) is 0 Å². The van der Waals surface area contributed by atoms with Gasteiger partial charge in [-0.2, -0.15) is 4.98 Å². The Kier molecular flexibility index (Phi) is 3.80. The molecule has 8 heteroatoms. The van der Waals surface area contributed by atoms with Crippen LogP contribution in [0.2, 0.25) is 5.02 Å². The molecule has 128 valence electrons. The first-order valence-electron chi connectivity index (χ1n) is 7.71. The highest BCUT2D eigenvalue weighted by Crippen LogP contribution is 2.41. The Morgan fingerprint density at radius 2 is 1.92 bits per heavy atom. The van der Waals surface area contributed by atoms with E-state index in [-0.39, 0.29) is 17.8 Å². The number of nitrogens with one attached hydrogen (secondary N) is 1. The van der Waals surface area contributed by atoms with E-state index >= 15 is 0 Å². The summed E-state index contributed by atoms with van der Waals surface area (Å²) in [5, 5.41) is 7.69. The fraction of sp³-hybridized carbons (Fsp3) is 0.176. The maximum atomic E-state index is 14.5. The lowest BCUT2D eigenvalue weighted by molar-refractivity contribution is 0.416. The quantitative estimate of drug-likeness (QED) is 0.725. The van der Waals surface area contributed by atoms with Gasteiger partial charge in [0, 0.05) is 10.6 Å². The van der Waals surface area contributed by atoms with Gasteiger partial charge in [-0.05, 0) is 36.2 Å². The summed E-state index contributed by atoms with van der Waals surface area (Å²) in [6.07, 6.45) is 0.460. The molecule has 1 aliphatic heterocycles. The number of rotatable bonds is 2. The largest absolute Gasteiger partial charge is 0.366 e. The average molecular weight is 362 g/mol. The summed E-state index contributed by atoms with van der Waals surface area (Å²) in [7, 11) is 0. The number of benzene rings is 2. The number of nitrogen functional groups attached to an aromatic ring is 1. The van der Waals surface area contributed by atoms with Gasteiger partial charge < -0.3 is 11.1 Å². The second-order valence-corrected chi connectivity index (χ2v) is 6.28. The van der Waals surface area contributed by atoms with Crippen LogP contribution in [0.1, 0.15) is 29.6 Å². The zero-order valence-electron chi connectivity index (χ0n) is 13.0. The normalized spacial score (nSPS) is 19.3. The van der Waals surface area contributed by atoms with E-state index in [2.05, 4.69) is 15.4 Å². The van der Waals surface area contributed by atoms with E-state index in [1.165, 1.54) is 18.2 Å². The number of nitrogens with two attached hydrogens (primary N) is 1. The highest BCUT2D eigenvalue weighted by atomic mass is 35.5. The standard InChI is InChI=1S/C17H14ClF2N5/c18-11-2-1-3-12(20)15(11)14-8-13(9-4-6-10(19)7-5-9)22-17-23-16(21)24-25(14)17/h1-7,13-14H,8H2,(H3,21,22,23,24)/t13-,14-/m1/s1. The molecule has 25 heavy (non-hydrogen) atoms. The van der Waals surface area contributed by atoms with Crippen molar-refractivity contribution >= 4 is 23.5 Å². The SMILES string of the molecule is Nc1nc2n(n1)[C@@H](c1c(F)cccc1Cl)C[C@H](c1ccc(F)cc1)N2. The molecule has 0 unspecified atom stereocenters. The zero-order valence-corrected chi connectivity index (χ0v) is 13.7. The molecular formula is C17H14ClF2N5. The van der Waals surface area contributed by atoms with Crippen LogP contribution in [0.25, 0.3) is 0 Å². The van der Waals surface area contributed by atoms with Gasteiger partial charge in [-0.15, -0.1) is 5.10 Å². The molecule has 0 aliphatic carbocycles. The van der Waals surface area contributed by atoms with Crippen LogP contribution in [0.3, 0.4) is 0 Å². The summed E-state index contributed by atoms with van der Waals surface area (Å²) in [5.41, 5.74) is 6.91. The minimum atomic E-state index is -0.482. The van der Waals surface area contributed by atoms with E-state index in [1.807, 2.05) is 0 Å². The molecule has 0 amide bonds. The molecule has 3 aromatic rings. The lowest BCUT2D eigenvalue weighted by Crippen LogP contribution is -2.28. The Bertz CT molecular complexity index is 905. The Morgan fingerprint density at radius 1 is 1.16 bits per heavy atom. The van der Waals surface area contributed by atoms with E-state index in [9.17, 15) is 8.78 Å². The molecule has 4 rings (SSSR count). The molecule has 0 saturated heterocycles. The van der Waals surface area contributed by atoms with Gasteiger partial charge in [0.2, 0.25) is 11.9 Å². The Hall–Kier alpha value is -2.67. The van der Waals surface area contributed by atoms with Gasteiger partial charge in [0.1, 0.15) is 11.6 Å². The van der Waals surface area contributed by atoms with Gasteiger partial charge in [-0.3, -0.25) is 0 Å². The maximum absolute atomic E-state index is 14.5. The Labute approximate surface area is 147 Å². The third-order valence-electron chi connectivity index (χ3n) is 4.31. The molecule has 0 bridgehead atoms. The topological polar surface area (TPSA) is 68.8 Å². The number of halogens is 3. The molecule has 2 aromatic carbocycles. The first-order valence-corrected chi connectivity index (χ1v) is 8.08. The van der Waals surface area contributed by atoms with Crippen molar-refractivity contribution in [2.45, 2.75) is 18.5 Å². The summed E-state index contributed by atoms with van der Waals surface area (Å²) in [6.45, 7) is 0. The summed E-state index contributed by atoms with van der Waals surface area (Å²) < 4.78 is 29.2. The molecule has 0 fully saturated rings. The third-order valence-corrected chi connectivity index (χ3v) is 4.64. The van der Waals surface area contributed by atoms with Crippen molar-refractivity contribution in [3.63, 3.8) is 0 Å². The molecular weight excluding hydrogens is 348 g/mol. The van der Waals surface area contributed by atoms with Gasteiger partial charge in [-0.1, -0.05) is 29.8 Å². The predicted molar refractivity (Wildman–Crippen MR) is 91.4 cm³/mol. The number of hydrogen-bond acceptors (Lipinski definition) is 4. The number of fused-ring (bicyclic) bond motifs is 1. The summed E-state index contributed by atoms with van der Waals surface area (Å²) in [5.74, 6) is -0.236. The van der Waals surface area contributed by atoms with Crippen LogP contribution >= 0.6 is 11.6 Å². The molecule has 1 aliphatic rings. The lowest BCUT2D eigenvalue weighted by atomic mass is 9.93. The number of aromatic nitrogens is 3. The van der Waals surface area contributed by atoms with E-state index in [0.717, 1.165) is 5.56 Å². The number of hydrogen-bond donors (Lipinski definition) is 2. The van der Waals surface area contributed by atoms with Gasteiger partial charge in [0.15, 0.2) is 0 Å². The molecule has 2 heterocycles. The molecule has 2 atom stereocenters. The third kappa shape index (κ3) is 2.80. The van der Waals surface area contributed by atoms with E-state index in [4.69, 9.17) is 17.3 Å². The smallest absolute Gasteiger partial charge is 0.241 e. The monoisotopic (exact) mass is 361 g/mol. The lowest BCUT2D eigenvalue weighted by Gasteiger charge is -2.32. The second-order valence-electron chi connectivity index (χ2n) is 5.87. The van der Waals surface area contributed by atoms with E-state index < -0.39 is 11.9 Å². The van der Waals surface area contributed by atoms with Crippen LogP contribution in [0.5, 0.6) is 0 Å². The van der Waals surface area contributed by atoms with Crippen molar-refractivity contribution < 1.29 is 8.78 Å². The molecule has 1 aromatic heterocycles. The van der Waals surface area contributed by atoms with Crippen molar-refractivity contribution in [2.24, 2.45) is 0 Å². The summed E-state index contributed by atoms with van der Waals surface area (Å²) >= 11 is 6.25. The first kappa shape index (κ1) is 15.8. The fourth-order valence-corrected chi connectivity index (χ4v) is 3.47. The molecule has 3 N–H and O–H groups in total. The van der Waals surface area contributed by atoms with Crippen molar-refractivity contribution in [3.05, 3.63) is 70.2 Å². The number of anilines is 2. The van der Waals surface area contributed by atoms with Crippen LogP contribution in [0, 0.1) is 11.6 Å². The fourth-order valence-electron chi connectivity index (χ4n) is 3.18. The Balaban J connectivity index is 1.81. The molecule has 5 nitrogen and oxygen atoms in total. The van der Waals surface area contributed by atoms with Crippen LogP contribution in [-0.2, 0) is 0 Å². The first-order chi connectivity index (χ1) is 12.0. The van der Waals surface area contributed by atoms with E-state index in [1.54, 1.807) is 28.9 Å². The minimum Gasteiger partial charge on any atom is -0.366 e. The average Bonchev–Trinajstić information content (AvgIpc) is 2.95. The van der Waals surface area contributed by atoms with Crippen molar-refractivity contribution in [1.82, 2.24) is 14.8 Å². The minimum absolute atomic E-state index is 0.0831. The van der Waals surface area contributed by atoms with Crippen LogP contribution in [0.4, 0.5) is 20.7 Å². The highest BCUT2D eigenvalue weighted by Gasteiger charge is 2.33. The zero-order chi connectivity index (χ0) is 17.6. The summed E-state index contributed by atoms with van der Waals surface area (Å²) in [6, 6.07) is 9.99. The van der Waals surface area contributed by atoms with Crippen molar-refractivity contribution in [1.29, 1.82) is 0 Å². The van der Waals surface area contributed by atoms with Crippen LogP contribution in [-0.4, -0.2) is 14.8 Å². The van der Waals surface area contributed by atoms with Gasteiger partial charge in [0.05, 0.1) is 12.1 Å².